The van der Waals surface area contributed by atoms with Crippen molar-refractivity contribution in [2.45, 2.75) is 13.1 Å². The second-order valence-corrected chi connectivity index (χ2v) is 3.46. The van der Waals surface area contributed by atoms with Crippen molar-refractivity contribution in [3.8, 4) is 0 Å². The summed E-state index contributed by atoms with van der Waals surface area (Å²) in [6.45, 7) is 1.93. The fourth-order valence-corrected chi connectivity index (χ4v) is 1.60. The van der Waals surface area contributed by atoms with E-state index < -0.39 is 0 Å². The van der Waals surface area contributed by atoms with Crippen LogP contribution >= 0.6 is 24.8 Å². The Morgan fingerprint density at radius 1 is 1.00 bits per heavy atom. The molecular weight excluding hydrogens is 243 g/mol. The largest absolute Gasteiger partial charge is 0.370 e. The molecule has 0 aliphatic carbocycles. The van der Waals surface area contributed by atoms with Crippen LogP contribution in [0.2, 0.25) is 0 Å². The van der Waals surface area contributed by atoms with Gasteiger partial charge in [-0.05, 0) is 18.4 Å². The molecule has 88 valence electrons. The topological polar surface area (TPSA) is 38.0 Å². The number of hydrogen-bond acceptors (Lipinski definition) is 2. The van der Waals surface area contributed by atoms with Crippen LogP contribution in [0.3, 0.4) is 0 Å². The van der Waals surface area contributed by atoms with Gasteiger partial charge in [-0.25, -0.2) is 0 Å². The van der Waals surface area contributed by atoms with Crippen LogP contribution in [-0.4, -0.2) is 6.17 Å². The van der Waals surface area contributed by atoms with Crippen LogP contribution in [0.4, 0.5) is 5.69 Å². The molecule has 2 nitrogen and oxygen atoms in total. The zero-order chi connectivity index (χ0) is 9.97. The van der Waals surface area contributed by atoms with Crippen LogP contribution in [-0.2, 0) is 0 Å². The lowest BCUT2D eigenvalue weighted by Gasteiger charge is -2.12. The van der Waals surface area contributed by atoms with Gasteiger partial charge in [0.15, 0.2) is 0 Å². The summed E-state index contributed by atoms with van der Waals surface area (Å²) in [5, 5.41) is 5.68. The molecule has 0 saturated carbocycles. The van der Waals surface area contributed by atoms with E-state index in [1.807, 2.05) is 31.2 Å². The third-order valence-electron chi connectivity index (χ3n) is 2.17. The van der Waals surface area contributed by atoms with E-state index in [4.69, 9.17) is 5.73 Å². The van der Waals surface area contributed by atoms with E-state index in [-0.39, 0.29) is 31.0 Å². The molecule has 2 rings (SSSR count). The highest BCUT2D eigenvalue weighted by molar-refractivity contribution is 5.93. The first-order valence-electron chi connectivity index (χ1n) is 4.77. The standard InChI is InChI=1S/C12H14N2.2ClH/c1-9(13)14-12-8-4-6-10-5-2-3-7-11(10)12;;/h2-9,14H,13H2,1H3;2*1H. The summed E-state index contributed by atoms with van der Waals surface area (Å²) in [7, 11) is 0. The maximum atomic E-state index is 5.70. The molecule has 2 aromatic carbocycles. The molecule has 2 aromatic rings. The summed E-state index contributed by atoms with van der Waals surface area (Å²) in [6, 6.07) is 14.5. The van der Waals surface area contributed by atoms with Crippen molar-refractivity contribution in [3.63, 3.8) is 0 Å². The second kappa shape index (κ2) is 6.59. The van der Waals surface area contributed by atoms with Crippen molar-refractivity contribution in [1.82, 2.24) is 0 Å². The maximum absolute atomic E-state index is 5.70. The van der Waals surface area contributed by atoms with Gasteiger partial charge in [-0.1, -0.05) is 36.4 Å². The Morgan fingerprint density at radius 3 is 2.31 bits per heavy atom. The second-order valence-electron chi connectivity index (χ2n) is 3.46. The maximum Gasteiger partial charge on any atom is 0.0714 e. The first kappa shape index (κ1) is 15.0. The molecule has 4 heteroatoms. The average Bonchev–Trinajstić information content (AvgIpc) is 2.18. The Morgan fingerprint density at radius 2 is 1.62 bits per heavy atom. The minimum Gasteiger partial charge on any atom is -0.370 e. The molecule has 0 aliphatic rings. The van der Waals surface area contributed by atoms with Gasteiger partial charge < -0.3 is 11.1 Å². The van der Waals surface area contributed by atoms with Crippen molar-refractivity contribution in [3.05, 3.63) is 42.5 Å². The lowest BCUT2D eigenvalue weighted by Crippen LogP contribution is -2.25. The third kappa shape index (κ3) is 3.27. The molecule has 0 fully saturated rings. The molecule has 0 heterocycles. The van der Waals surface area contributed by atoms with Gasteiger partial charge in [0, 0.05) is 11.1 Å². The van der Waals surface area contributed by atoms with E-state index in [1.54, 1.807) is 0 Å². The molecule has 0 aromatic heterocycles. The number of fused-ring (bicyclic) bond motifs is 1. The van der Waals surface area contributed by atoms with E-state index in [0.717, 1.165) is 5.69 Å². The fourth-order valence-electron chi connectivity index (χ4n) is 1.60. The smallest absolute Gasteiger partial charge is 0.0714 e. The highest BCUT2D eigenvalue weighted by Gasteiger charge is 2.00. The highest BCUT2D eigenvalue weighted by atomic mass is 35.5. The Hall–Kier alpha value is -0.960. The molecule has 0 amide bonds. The van der Waals surface area contributed by atoms with E-state index in [2.05, 4.69) is 23.5 Å². The summed E-state index contributed by atoms with van der Waals surface area (Å²) in [4.78, 5) is 0. The van der Waals surface area contributed by atoms with Crippen LogP contribution < -0.4 is 11.1 Å². The zero-order valence-corrected chi connectivity index (χ0v) is 10.6. The monoisotopic (exact) mass is 258 g/mol. The van der Waals surface area contributed by atoms with Crippen molar-refractivity contribution in [2.24, 2.45) is 5.73 Å². The van der Waals surface area contributed by atoms with Crippen molar-refractivity contribution < 1.29 is 0 Å². The number of anilines is 1. The molecule has 0 spiro atoms. The van der Waals surface area contributed by atoms with Gasteiger partial charge in [-0.3, -0.25) is 0 Å². The van der Waals surface area contributed by atoms with Crippen LogP contribution in [0.1, 0.15) is 6.92 Å². The van der Waals surface area contributed by atoms with Gasteiger partial charge in [0.2, 0.25) is 0 Å². The summed E-state index contributed by atoms with van der Waals surface area (Å²) >= 11 is 0. The molecule has 0 bridgehead atoms. The van der Waals surface area contributed by atoms with E-state index in [0.29, 0.717) is 0 Å². The van der Waals surface area contributed by atoms with E-state index >= 15 is 0 Å². The number of nitrogens with one attached hydrogen (secondary N) is 1. The summed E-state index contributed by atoms with van der Waals surface area (Å²) in [6.07, 6.45) is -0.0270. The summed E-state index contributed by atoms with van der Waals surface area (Å²) in [5.74, 6) is 0. The average molecular weight is 259 g/mol. The number of halogens is 2. The van der Waals surface area contributed by atoms with Gasteiger partial charge in [0.25, 0.3) is 0 Å². The molecule has 0 aliphatic heterocycles. The van der Waals surface area contributed by atoms with E-state index in [1.165, 1.54) is 10.8 Å². The predicted octanol–water partition coefficient (Wildman–Crippen LogP) is 3.40. The lowest BCUT2D eigenvalue weighted by atomic mass is 10.1. The van der Waals surface area contributed by atoms with Gasteiger partial charge in [-0.15, -0.1) is 24.8 Å². The van der Waals surface area contributed by atoms with Crippen LogP contribution in [0.5, 0.6) is 0 Å². The van der Waals surface area contributed by atoms with Gasteiger partial charge in [0.1, 0.15) is 0 Å². The molecule has 0 radical (unpaired) electrons. The highest BCUT2D eigenvalue weighted by Crippen LogP contribution is 2.22. The van der Waals surface area contributed by atoms with Crippen molar-refractivity contribution in [2.75, 3.05) is 5.32 Å². The summed E-state index contributed by atoms with van der Waals surface area (Å²) < 4.78 is 0. The molecule has 1 atom stereocenters. The number of benzene rings is 2. The van der Waals surface area contributed by atoms with Crippen LogP contribution in [0.15, 0.2) is 42.5 Å². The first-order valence-corrected chi connectivity index (χ1v) is 4.77. The minimum atomic E-state index is -0.0270. The van der Waals surface area contributed by atoms with Gasteiger partial charge in [0.05, 0.1) is 6.17 Å². The summed E-state index contributed by atoms with van der Waals surface area (Å²) in [5.41, 5.74) is 6.80. The molecule has 0 saturated heterocycles. The molecule has 16 heavy (non-hydrogen) atoms. The Labute approximate surface area is 108 Å². The van der Waals surface area contributed by atoms with Gasteiger partial charge in [-0.2, -0.15) is 0 Å². The zero-order valence-electron chi connectivity index (χ0n) is 9.01. The first-order chi connectivity index (χ1) is 6.77. The SMILES string of the molecule is CC(N)Nc1cccc2ccccc12.Cl.Cl. The quantitative estimate of drug-likeness (QED) is 0.811. The number of nitrogens with two attached hydrogens (primary N) is 1. The van der Waals surface area contributed by atoms with Crippen LogP contribution in [0.25, 0.3) is 10.8 Å². The van der Waals surface area contributed by atoms with E-state index in [9.17, 15) is 0 Å². The van der Waals surface area contributed by atoms with Gasteiger partial charge >= 0.3 is 0 Å². The number of hydrogen-bond donors (Lipinski definition) is 2. The Bertz CT molecular complexity index is 438. The number of rotatable bonds is 2. The van der Waals surface area contributed by atoms with Crippen molar-refractivity contribution >= 4 is 41.3 Å². The normalized spacial score (nSPS) is 11.1. The van der Waals surface area contributed by atoms with Crippen LogP contribution in [0, 0.1) is 0 Å². The molecule has 3 N–H and O–H groups in total. The lowest BCUT2D eigenvalue weighted by molar-refractivity contribution is 0.853. The molecule has 1 unspecified atom stereocenters. The predicted molar refractivity (Wildman–Crippen MR) is 75.7 cm³/mol. The Balaban J connectivity index is 0.00000112. The molecular formula is C12H16Cl2N2. The Kier molecular flexibility index (Phi) is 6.19. The van der Waals surface area contributed by atoms with Crippen molar-refractivity contribution in [1.29, 1.82) is 0 Å². The minimum absolute atomic E-state index is 0. The fraction of sp³-hybridized carbons (Fsp3) is 0.167. The third-order valence-corrected chi connectivity index (χ3v) is 2.17.